The second-order valence-corrected chi connectivity index (χ2v) is 9.03. The Hall–Kier alpha value is -0.827. The number of benzene rings is 2. The molecule has 6 heteroatoms. The first-order valence-corrected chi connectivity index (χ1v) is 14.4. The third-order valence-corrected chi connectivity index (χ3v) is 3.80. The summed E-state index contributed by atoms with van der Waals surface area (Å²) in [5.41, 5.74) is 2.40. The van der Waals surface area contributed by atoms with E-state index in [2.05, 4.69) is 18.8 Å². The number of aliphatic imine (C=N–C) groups is 1. The van der Waals surface area contributed by atoms with Crippen molar-refractivity contribution >= 4 is 23.2 Å². The second-order valence-electron chi connectivity index (χ2n) is 5.30. The Balaban J connectivity index is 0.000000970. The van der Waals surface area contributed by atoms with Gasteiger partial charge in [-0.2, -0.15) is 0 Å². The van der Waals surface area contributed by atoms with E-state index in [-0.39, 0.29) is 11.8 Å². The van der Waals surface area contributed by atoms with Gasteiger partial charge >= 0.3 is 37.9 Å². The fourth-order valence-electron chi connectivity index (χ4n) is 2.37. The van der Waals surface area contributed by atoms with Crippen LogP contribution in [0.2, 0.25) is 0 Å². The molecule has 0 saturated heterocycles. The summed E-state index contributed by atoms with van der Waals surface area (Å²) < 4.78 is 5.36. The third kappa shape index (κ3) is 7.13. The quantitative estimate of drug-likeness (QED) is 0.534. The van der Waals surface area contributed by atoms with E-state index in [4.69, 9.17) is 21.8 Å². The molecular weight excluding hydrogens is 436 g/mol. The summed E-state index contributed by atoms with van der Waals surface area (Å²) in [7, 11) is 11.5. The van der Waals surface area contributed by atoms with Gasteiger partial charge in [-0.25, -0.2) is 0 Å². The number of methoxy groups -OCH3 is 1. The van der Waals surface area contributed by atoms with Gasteiger partial charge in [0.2, 0.25) is 0 Å². The van der Waals surface area contributed by atoms with Crippen LogP contribution in [-0.2, 0) is 20.8 Å². The zero-order valence-corrected chi connectivity index (χ0v) is 18.6. The Morgan fingerprint density at radius 1 is 1.16 bits per heavy atom. The van der Waals surface area contributed by atoms with Gasteiger partial charge in [0, 0.05) is 23.4 Å². The van der Waals surface area contributed by atoms with E-state index < -0.39 is 20.8 Å². The molecule has 0 aliphatic rings. The first kappa shape index (κ1) is 22.2. The van der Waals surface area contributed by atoms with E-state index >= 15 is 0 Å². The van der Waals surface area contributed by atoms with Crippen LogP contribution in [0.15, 0.2) is 47.5 Å². The normalized spacial score (nSPS) is 10.5. The molecule has 0 fully saturated rings. The number of halogens is 2. The van der Waals surface area contributed by atoms with Crippen LogP contribution in [-0.4, -0.2) is 24.5 Å². The molecule has 0 aliphatic heterocycles. The molecule has 3 nitrogen and oxygen atoms in total. The van der Waals surface area contributed by atoms with Gasteiger partial charge in [0.1, 0.15) is 11.5 Å². The fourth-order valence-corrected chi connectivity index (χ4v) is 2.37. The summed E-state index contributed by atoms with van der Waals surface area (Å²) in [6, 6.07) is 13.7. The summed E-state index contributed by atoms with van der Waals surface area (Å²) in [4.78, 5) is 4.56. The van der Waals surface area contributed by atoms with Gasteiger partial charge in [0.25, 0.3) is 0 Å². The van der Waals surface area contributed by atoms with Crippen LogP contribution in [0.1, 0.15) is 32.3 Å². The predicted molar refractivity (Wildman–Crippen MR) is 104 cm³/mol. The van der Waals surface area contributed by atoms with Crippen molar-refractivity contribution in [2.75, 3.05) is 7.11 Å². The van der Waals surface area contributed by atoms with Crippen molar-refractivity contribution in [1.82, 2.24) is 0 Å². The van der Waals surface area contributed by atoms with Gasteiger partial charge in [-0.3, -0.25) is 4.99 Å². The topological polar surface area (TPSA) is 41.8 Å². The van der Waals surface area contributed by atoms with Gasteiger partial charge in [-0.05, 0) is 30.5 Å². The number of nitrogens with zero attached hydrogens (tertiary/aromatic N) is 1. The van der Waals surface area contributed by atoms with Crippen LogP contribution in [0.25, 0.3) is 11.1 Å². The Morgan fingerprint density at radius 2 is 1.76 bits per heavy atom. The summed E-state index contributed by atoms with van der Waals surface area (Å²) in [6.45, 7) is 4.23. The molecule has 0 spiro atoms. The Morgan fingerprint density at radius 3 is 2.28 bits per heavy atom. The van der Waals surface area contributed by atoms with Crippen LogP contribution in [0.3, 0.4) is 0 Å². The molecule has 0 aliphatic carbocycles. The molecule has 0 amide bonds. The third-order valence-electron chi connectivity index (χ3n) is 3.80. The van der Waals surface area contributed by atoms with Crippen LogP contribution < -0.4 is 4.74 Å². The molecular formula is C19H23Cl2NO2Zr. The number of hydrogen-bond donors (Lipinski definition) is 1. The maximum atomic E-state index is 10.6. The van der Waals surface area contributed by atoms with Crippen LogP contribution in [0.4, 0.5) is 0 Å². The molecule has 134 valence electrons. The van der Waals surface area contributed by atoms with Crippen LogP contribution in [0, 0.1) is 0 Å². The standard InChI is InChI=1S/C19H23NO2.2ClH.Zr/c1-4-16(5-2)20-13-15-11-17(22-3)12-18(19(15)21)14-9-7-6-8-10-14;;;/h6-13,16,21H,4-5H2,1-3H3;2*1H;/q;;;+2/p-2. The molecule has 0 bridgehead atoms. The first-order chi connectivity index (χ1) is 12.1. The van der Waals surface area contributed by atoms with Crippen molar-refractivity contribution in [3.8, 4) is 22.6 Å². The van der Waals surface area contributed by atoms with E-state index in [1.54, 1.807) is 13.3 Å². The van der Waals surface area contributed by atoms with Gasteiger partial charge in [0.15, 0.2) is 0 Å². The number of ether oxygens (including phenoxy) is 1. The van der Waals surface area contributed by atoms with Gasteiger partial charge in [0.05, 0.1) is 7.11 Å². The molecule has 0 heterocycles. The molecule has 2 rings (SSSR count). The predicted octanol–water partition coefficient (Wildman–Crippen LogP) is 6.05. The van der Waals surface area contributed by atoms with E-state index in [9.17, 15) is 5.11 Å². The van der Waals surface area contributed by atoms with Crippen LogP contribution in [0.5, 0.6) is 11.5 Å². The molecule has 1 N–H and O–H groups in total. The number of phenols is 1. The van der Waals surface area contributed by atoms with E-state index in [0.717, 1.165) is 24.0 Å². The SMILES string of the molecule is CCC(CC)N=Cc1cc(OC)cc(-c2ccccc2)c1O.[Cl][Zr][Cl]. The average Bonchev–Trinajstić information content (AvgIpc) is 2.65. The zero-order valence-electron chi connectivity index (χ0n) is 14.7. The van der Waals surface area contributed by atoms with E-state index in [1.165, 1.54) is 0 Å². The Labute approximate surface area is 168 Å². The minimum absolute atomic E-state index is 0.238. The van der Waals surface area contributed by atoms with E-state index in [0.29, 0.717) is 11.3 Å². The summed E-state index contributed by atoms with van der Waals surface area (Å²) in [6.07, 6.45) is 3.73. The van der Waals surface area contributed by atoms with Crippen molar-refractivity contribution in [2.45, 2.75) is 32.7 Å². The number of rotatable bonds is 6. The van der Waals surface area contributed by atoms with Crippen molar-refractivity contribution in [2.24, 2.45) is 4.99 Å². The minimum atomic E-state index is -0.826. The second kappa shape index (κ2) is 12.5. The molecule has 2 aromatic carbocycles. The molecule has 0 unspecified atom stereocenters. The van der Waals surface area contributed by atoms with Gasteiger partial charge < -0.3 is 9.84 Å². The molecule has 0 atom stereocenters. The first-order valence-electron chi connectivity index (χ1n) is 8.07. The molecule has 0 saturated carbocycles. The van der Waals surface area contributed by atoms with Gasteiger partial charge in [-0.15, -0.1) is 0 Å². The molecule has 0 radical (unpaired) electrons. The van der Waals surface area contributed by atoms with E-state index in [1.807, 2.05) is 42.5 Å². The van der Waals surface area contributed by atoms with Crippen molar-refractivity contribution in [3.63, 3.8) is 0 Å². The number of phenolic OH excluding ortho intramolecular Hbond substituents is 1. The van der Waals surface area contributed by atoms with Gasteiger partial charge in [-0.1, -0.05) is 44.2 Å². The van der Waals surface area contributed by atoms with Crippen molar-refractivity contribution in [3.05, 3.63) is 48.0 Å². The summed E-state index contributed by atoms with van der Waals surface area (Å²) >= 11 is -0.826. The van der Waals surface area contributed by atoms with Crippen molar-refractivity contribution in [1.29, 1.82) is 0 Å². The molecule has 2 aromatic rings. The maximum absolute atomic E-state index is 10.6. The monoisotopic (exact) mass is 457 g/mol. The molecule has 0 aromatic heterocycles. The van der Waals surface area contributed by atoms with Crippen molar-refractivity contribution < 1.29 is 30.7 Å². The average molecular weight is 460 g/mol. The number of hydrogen-bond acceptors (Lipinski definition) is 3. The Bertz CT molecular complexity index is 662. The summed E-state index contributed by atoms with van der Waals surface area (Å²) in [5, 5.41) is 10.6. The summed E-state index contributed by atoms with van der Waals surface area (Å²) in [5.74, 6) is 0.948. The molecule has 25 heavy (non-hydrogen) atoms. The zero-order chi connectivity index (χ0) is 18.7. The Kier molecular flexibility index (Phi) is 11.1. The van der Waals surface area contributed by atoms with Crippen LogP contribution >= 0.6 is 17.0 Å². The fraction of sp³-hybridized carbons (Fsp3) is 0.316. The number of aromatic hydroxyl groups is 1.